The minimum atomic E-state index is 0.0702. The molecule has 16 nitrogen and oxygen atoms in total. The number of hydrogen-bond acceptors (Lipinski definition) is 14. The molecule has 0 radical (unpaired) electrons. The van der Waals surface area contributed by atoms with Gasteiger partial charge in [0.1, 0.15) is 17.4 Å². The van der Waals surface area contributed by atoms with Crippen LogP contribution in [0.1, 0.15) is 38.5 Å². The SMILES string of the molecule is COc1cncc2nc(-c3ccncc3)nc(N3CCNC(CC#N)C3)c12.O=C(NC1CCCCC1)N1CCN(c2nc(-c3ccncc3)nc3cnccc23)CC1. The third kappa shape index (κ3) is 8.69. The van der Waals surface area contributed by atoms with Gasteiger partial charge < -0.3 is 30.1 Å². The molecule has 8 heterocycles. The molecule has 1 atom stereocenters. The zero-order valence-corrected chi connectivity index (χ0v) is 32.5. The number of nitriles is 1. The van der Waals surface area contributed by atoms with E-state index in [4.69, 9.17) is 25.0 Å². The van der Waals surface area contributed by atoms with Crippen molar-refractivity contribution in [2.24, 2.45) is 0 Å². The number of carbonyl (C=O) groups is 1. The van der Waals surface area contributed by atoms with Crippen molar-refractivity contribution >= 4 is 39.5 Å². The standard InChI is InChI=1S/C23H27N7O.C19H19N7O/c31-23(26-18-4-2-1-3-5-18)30-14-12-29(13-15-30)22-19-8-11-25-16-20(19)27-21(28-22)17-6-9-24-10-7-17;1-27-16-11-22-10-15-17(16)19(26-9-8-23-14(12-26)2-5-20)25-18(24-15)13-3-6-21-7-4-13/h6-11,16,18H,1-5,12-15H2,(H,26,31);3-4,6-7,10-11,14,23H,2,8-9,12H2,1H3. The van der Waals surface area contributed by atoms with Gasteiger partial charge in [-0.05, 0) is 43.2 Å². The first-order valence-electron chi connectivity index (χ1n) is 19.9. The Hall–Kier alpha value is -6.60. The highest BCUT2D eigenvalue weighted by Gasteiger charge is 2.27. The lowest BCUT2D eigenvalue weighted by Crippen LogP contribution is -2.54. The Morgan fingerprint density at radius 2 is 1.43 bits per heavy atom. The predicted molar refractivity (Wildman–Crippen MR) is 221 cm³/mol. The van der Waals surface area contributed by atoms with Gasteiger partial charge in [-0.1, -0.05) is 19.3 Å². The highest BCUT2D eigenvalue weighted by atomic mass is 16.5. The van der Waals surface area contributed by atoms with Crippen molar-refractivity contribution in [3.8, 4) is 34.6 Å². The molecule has 1 unspecified atom stereocenters. The number of pyridine rings is 4. The third-order valence-corrected chi connectivity index (χ3v) is 10.8. The maximum Gasteiger partial charge on any atom is 0.317 e. The first-order chi connectivity index (χ1) is 28.6. The molecule has 2 aliphatic heterocycles. The molecule has 1 aliphatic carbocycles. The van der Waals surface area contributed by atoms with Crippen LogP contribution < -0.4 is 25.2 Å². The largest absolute Gasteiger partial charge is 0.494 e. The van der Waals surface area contributed by atoms with E-state index >= 15 is 0 Å². The number of piperazine rings is 2. The molecule has 3 fully saturated rings. The number of fused-ring (bicyclic) bond motifs is 2. The summed E-state index contributed by atoms with van der Waals surface area (Å²) in [6, 6.07) is 12.3. The van der Waals surface area contributed by atoms with Crippen LogP contribution in [0, 0.1) is 11.3 Å². The van der Waals surface area contributed by atoms with Gasteiger partial charge in [0, 0.05) is 105 Å². The number of amides is 2. The van der Waals surface area contributed by atoms with Crippen molar-refractivity contribution in [3.05, 3.63) is 79.9 Å². The predicted octanol–water partition coefficient (Wildman–Crippen LogP) is 5.04. The maximum absolute atomic E-state index is 12.7. The highest BCUT2D eigenvalue weighted by Crippen LogP contribution is 2.34. The molecule has 2 N–H and O–H groups in total. The molecule has 0 spiro atoms. The molecule has 16 heteroatoms. The van der Waals surface area contributed by atoms with Crippen LogP contribution >= 0.6 is 0 Å². The van der Waals surface area contributed by atoms with Gasteiger partial charge in [0.15, 0.2) is 11.6 Å². The van der Waals surface area contributed by atoms with Crippen molar-refractivity contribution < 1.29 is 9.53 Å². The average molecular weight is 779 g/mol. The number of hydrogen-bond donors (Lipinski definition) is 2. The van der Waals surface area contributed by atoms with Crippen LogP contribution in [0.4, 0.5) is 16.4 Å². The summed E-state index contributed by atoms with van der Waals surface area (Å²) < 4.78 is 5.53. The van der Waals surface area contributed by atoms with Crippen molar-refractivity contribution in [1.29, 1.82) is 5.26 Å². The number of nitrogens with zero attached hydrogens (tertiary/aromatic N) is 12. The second-order valence-corrected chi connectivity index (χ2v) is 14.6. The molecule has 0 bridgehead atoms. The molecule has 6 aromatic rings. The van der Waals surface area contributed by atoms with Gasteiger partial charge in [0.2, 0.25) is 0 Å². The summed E-state index contributed by atoms with van der Waals surface area (Å²) >= 11 is 0. The number of carbonyl (C=O) groups excluding carboxylic acids is 1. The van der Waals surface area contributed by atoms with E-state index < -0.39 is 0 Å². The number of ether oxygens (including phenoxy) is 1. The zero-order valence-electron chi connectivity index (χ0n) is 32.5. The molecule has 0 aromatic carbocycles. The minimum absolute atomic E-state index is 0.0702. The zero-order chi connectivity index (χ0) is 39.7. The van der Waals surface area contributed by atoms with Crippen LogP contribution in [0.5, 0.6) is 5.75 Å². The van der Waals surface area contributed by atoms with E-state index in [1.54, 1.807) is 56.7 Å². The van der Waals surface area contributed by atoms with Crippen molar-refractivity contribution in [1.82, 2.24) is 55.4 Å². The quantitative estimate of drug-likeness (QED) is 0.220. The number of rotatable bonds is 7. The summed E-state index contributed by atoms with van der Waals surface area (Å²) in [7, 11) is 1.62. The summed E-state index contributed by atoms with van der Waals surface area (Å²) in [5, 5.41) is 17.5. The van der Waals surface area contributed by atoms with Gasteiger partial charge in [-0.3, -0.25) is 19.9 Å². The lowest BCUT2D eigenvalue weighted by Gasteiger charge is -2.37. The Kier molecular flexibility index (Phi) is 12.0. The van der Waals surface area contributed by atoms with E-state index in [-0.39, 0.29) is 12.1 Å². The number of methoxy groups -OCH3 is 1. The smallest absolute Gasteiger partial charge is 0.317 e. The lowest BCUT2D eigenvalue weighted by molar-refractivity contribution is 0.186. The van der Waals surface area contributed by atoms with Gasteiger partial charge in [0.05, 0.1) is 54.6 Å². The summed E-state index contributed by atoms with van der Waals surface area (Å²) in [5.41, 5.74) is 3.35. The fourth-order valence-electron chi connectivity index (χ4n) is 7.78. The van der Waals surface area contributed by atoms with Crippen LogP contribution in [-0.2, 0) is 0 Å². The van der Waals surface area contributed by atoms with E-state index in [9.17, 15) is 4.79 Å². The Balaban J connectivity index is 0.000000164. The molecule has 9 rings (SSSR count). The fourth-order valence-corrected chi connectivity index (χ4v) is 7.78. The second kappa shape index (κ2) is 18.1. The molecular formula is C42H46N14O2. The molecule has 6 aromatic heterocycles. The number of urea groups is 1. The molecule has 2 amide bonds. The summed E-state index contributed by atoms with van der Waals surface area (Å²) in [5.74, 6) is 3.61. The third-order valence-electron chi connectivity index (χ3n) is 10.8. The van der Waals surface area contributed by atoms with E-state index in [1.165, 1.54) is 19.3 Å². The van der Waals surface area contributed by atoms with Gasteiger partial charge in [-0.25, -0.2) is 24.7 Å². The Bertz CT molecular complexity index is 2360. The summed E-state index contributed by atoms with van der Waals surface area (Å²) in [6.07, 6.45) is 20.3. The van der Waals surface area contributed by atoms with Gasteiger partial charge in [-0.15, -0.1) is 0 Å². The Morgan fingerprint density at radius 3 is 2.12 bits per heavy atom. The van der Waals surface area contributed by atoms with Crippen LogP contribution in [-0.4, -0.2) is 116 Å². The van der Waals surface area contributed by atoms with Crippen molar-refractivity contribution in [2.75, 3.05) is 62.7 Å². The summed E-state index contributed by atoms with van der Waals surface area (Å²) in [4.78, 5) is 54.9. The van der Waals surface area contributed by atoms with Gasteiger partial charge in [-0.2, -0.15) is 5.26 Å². The van der Waals surface area contributed by atoms with E-state index in [2.05, 4.69) is 51.4 Å². The molecule has 58 heavy (non-hydrogen) atoms. The number of aromatic nitrogens is 8. The van der Waals surface area contributed by atoms with Crippen LogP contribution in [0.15, 0.2) is 79.9 Å². The minimum Gasteiger partial charge on any atom is -0.494 e. The molecule has 2 saturated heterocycles. The van der Waals surface area contributed by atoms with Crippen LogP contribution in [0.3, 0.4) is 0 Å². The maximum atomic E-state index is 12.7. The van der Waals surface area contributed by atoms with Crippen LogP contribution in [0.25, 0.3) is 44.6 Å². The normalized spacial score (nSPS) is 17.3. The van der Waals surface area contributed by atoms with Crippen LogP contribution in [0.2, 0.25) is 0 Å². The average Bonchev–Trinajstić information content (AvgIpc) is 3.29. The Morgan fingerprint density at radius 1 is 0.776 bits per heavy atom. The topological polar surface area (TPSA) is 187 Å². The molecule has 3 aliphatic rings. The monoisotopic (exact) mass is 778 g/mol. The summed E-state index contributed by atoms with van der Waals surface area (Å²) in [6.45, 7) is 5.11. The molecular weight excluding hydrogens is 733 g/mol. The lowest BCUT2D eigenvalue weighted by atomic mass is 9.96. The number of anilines is 2. The van der Waals surface area contributed by atoms with Gasteiger partial charge >= 0.3 is 6.03 Å². The van der Waals surface area contributed by atoms with E-state index in [0.29, 0.717) is 49.5 Å². The van der Waals surface area contributed by atoms with Crippen molar-refractivity contribution in [3.63, 3.8) is 0 Å². The number of nitrogens with one attached hydrogen (secondary N) is 2. The fraction of sp³-hybridized carbons (Fsp3) is 0.381. The van der Waals surface area contributed by atoms with E-state index in [0.717, 1.165) is 83.6 Å². The van der Waals surface area contributed by atoms with Gasteiger partial charge in [0.25, 0.3) is 0 Å². The highest BCUT2D eigenvalue weighted by molar-refractivity contribution is 5.95. The molecule has 296 valence electrons. The van der Waals surface area contributed by atoms with Crippen molar-refractivity contribution in [2.45, 2.75) is 50.6 Å². The molecule has 1 saturated carbocycles. The Labute approximate surface area is 336 Å². The first kappa shape index (κ1) is 38.3. The first-order valence-corrected chi connectivity index (χ1v) is 19.9. The van der Waals surface area contributed by atoms with E-state index in [1.807, 2.05) is 35.2 Å². The second-order valence-electron chi connectivity index (χ2n) is 14.6.